The van der Waals surface area contributed by atoms with Crippen LogP contribution < -0.4 is 10.1 Å². The molecule has 1 spiro atoms. The van der Waals surface area contributed by atoms with Crippen molar-refractivity contribution in [1.82, 2.24) is 0 Å². The van der Waals surface area contributed by atoms with Crippen LogP contribution in [0.2, 0.25) is 0 Å². The van der Waals surface area contributed by atoms with E-state index in [4.69, 9.17) is 9.15 Å². The number of aryl methyl sites for hydroxylation is 1. The van der Waals surface area contributed by atoms with Gasteiger partial charge in [-0.2, -0.15) is 0 Å². The lowest BCUT2D eigenvalue weighted by atomic mass is 9.87. The highest BCUT2D eigenvalue weighted by Gasteiger charge is 2.43. The zero-order valence-electron chi connectivity index (χ0n) is 17.5. The summed E-state index contributed by atoms with van der Waals surface area (Å²) in [5.41, 5.74) is 2.38. The molecule has 1 N–H and O–H groups in total. The van der Waals surface area contributed by atoms with Crippen LogP contribution in [0, 0.1) is 6.92 Å². The van der Waals surface area contributed by atoms with Gasteiger partial charge in [-0.25, -0.2) is 0 Å². The maximum Gasteiger partial charge on any atom is 0.291 e. The molecule has 5 rings (SSSR count). The van der Waals surface area contributed by atoms with E-state index in [1.165, 1.54) is 6.92 Å². The summed E-state index contributed by atoms with van der Waals surface area (Å²) in [6.07, 6.45) is 4.32. The van der Waals surface area contributed by atoms with Crippen LogP contribution in [0.4, 0.5) is 5.69 Å². The molecule has 158 valence electrons. The first kappa shape index (κ1) is 19.5. The van der Waals surface area contributed by atoms with Crippen LogP contribution in [0.1, 0.15) is 75.9 Å². The summed E-state index contributed by atoms with van der Waals surface area (Å²) in [7, 11) is 0. The lowest BCUT2D eigenvalue weighted by molar-refractivity contribution is 0.0454. The molecule has 1 fully saturated rings. The van der Waals surface area contributed by atoms with E-state index in [-0.39, 0.29) is 22.9 Å². The Balaban J connectivity index is 1.49. The van der Waals surface area contributed by atoms with Gasteiger partial charge in [0.05, 0.1) is 12.0 Å². The van der Waals surface area contributed by atoms with Crippen molar-refractivity contribution in [2.24, 2.45) is 0 Å². The third kappa shape index (κ3) is 3.23. The van der Waals surface area contributed by atoms with Crippen LogP contribution in [0.25, 0.3) is 11.0 Å². The number of furan rings is 1. The number of benzene rings is 2. The van der Waals surface area contributed by atoms with Crippen LogP contribution in [-0.4, -0.2) is 23.1 Å². The van der Waals surface area contributed by atoms with Crippen molar-refractivity contribution < 1.29 is 23.5 Å². The van der Waals surface area contributed by atoms with Gasteiger partial charge in [-0.15, -0.1) is 0 Å². The van der Waals surface area contributed by atoms with Gasteiger partial charge in [0.25, 0.3) is 5.91 Å². The highest BCUT2D eigenvalue weighted by molar-refractivity contribution is 6.15. The molecule has 1 saturated carbocycles. The fourth-order valence-electron chi connectivity index (χ4n) is 4.82. The molecule has 0 atom stereocenters. The molecule has 0 saturated heterocycles. The summed E-state index contributed by atoms with van der Waals surface area (Å²) in [6, 6.07) is 10.2. The summed E-state index contributed by atoms with van der Waals surface area (Å²) in [5, 5.41) is 3.44. The number of carbonyl (C=O) groups excluding carboxylic acids is 3. The summed E-state index contributed by atoms with van der Waals surface area (Å²) < 4.78 is 12.2. The summed E-state index contributed by atoms with van der Waals surface area (Å²) in [6.45, 7) is 3.28. The number of amides is 1. The molecule has 1 aliphatic heterocycles. The van der Waals surface area contributed by atoms with Crippen molar-refractivity contribution in [2.75, 3.05) is 5.32 Å². The second-order valence-electron chi connectivity index (χ2n) is 8.55. The van der Waals surface area contributed by atoms with Gasteiger partial charge in [-0.05, 0) is 75.9 Å². The maximum absolute atomic E-state index is 13.1. The van der Waals surface area contributed by atoms with Gasteiger partial charge in [-0.3, -0.25) is 14.4 Å². The van der Waals surface area contributed by atoms with Gasteiger partial charge in [0.1, 0.15) is 16.9 Å². The maximum atomic E-state index is 13.1. The average Bonchev–Trinajstić information content (AvgIpc) is 3.32. The number of hydrogen-bond acceptors (Lipinski definition) is 5. The number of hydrogen-bond donors (Lipinski definition) is 1. The van der Waals surface area contributed by atoms with Crippen LogP contribution in [0.15, 0.2) is 40.8 Å². The fraction of sp³-hybridized carbons (Fsp3) is 0.320. The Morgan fingerprint density at radius 1 is 1.03 bits per heavy atom. The van der Waals surface area contributed by atoms with Crippen LogP contribution >= 0.6 is 0 Å². The monoisotopic (exact) mass is 417 g/mol. The summed E-state index contributed by atoms with van der Waals surface area (Å²) >= 11 is 0. The van der Waals surface area contributed by atoms with Crippen LogP contribution in [-0.2, 0) is 0 Å². The SMILES string of the molecule is CC(=O)c1ccc(NC(=O)c2oc3ccc4c(c3c2C)C(=O)CC2(CCCC2)O4)cc1. The Kier molecular flexibility index (Phi) is 4.46. The van der Waals surface area contributed by atoms with Gasteiger partial charge in [0.2, 0.25) is 0 Å². The molecule has 31 heavy (non-hydrogen) atoms. The topological polar surface area (TPSA) is 85.6 Å². The summed E-state index contributed by atoms with van der Waals surface area (Å²) in [5.74, 6) is 0.343. The molecule has 0 unspecified atom stereocenters. The zero-order chi connectivity index (χ0) is 21.8. The highest BCUT2D eigenvalue weighted by Crippen LogP contribution is 2.46. The first-order chi connectivity index (χ1) is 14.9. The van der Waals surface area contributed by atoms with E-state index in [1.807, 2.05) is 0 Å². The van der Waals surface area contributed by atoms with Gasteiger partial charge < -0.3 is 14.5 Å². The van der Waals surface area contributed by atoms with Crippen molar-refractivity contribution in [3.63, 3.8) is 0 Å². The minimum absolute atomic E-state index is 0.0398. The van der Waals surface area contributed by atoms with Crippen molar-refractivity contribution in [3.8, 4) is 5.75 Å². The second kappa shape index (κ2) is 7.08. The van der Waals surface area contributed by atoms with E-state index in [9.17, 15) is 14.4 Å². The smallest absolute Gasteiger partial charge is 0.291 e. The minimum Gasteiger partial charge on any atom is -0.486 e. The molecule has 0 bridgehead atoms. The van der Waals surface area contributed by atoms with Gasteiger partial charge in [0, 0.05) is 22.2 Å². The quantitative estimate of drug-likeness (QED) is 0.571. The summed E-state index contributed by atoms with van der Waals surface area (Å²) in [4.78, 5) is 37.4. The number of ketones is 2. The van der Waals surface area contributed by atoms with Crippen molar-refractivity contribution in [2.45, 2.75) is 51.6 Å². The van der Waals surface area contributed by atoms with Crippen molar-refractivity contribution >= 4 is 34.1 Å². The standard InChI is InChI=1S/C25H23NO5/c1-14-21-19(9-10-20-22(21)18(28)13-25(31-20)11-3-4-12-25)30-23(14)24(29)26-17-7-5-16(6-8-17)15(2)27/h5-10H,3-4,11-13H2,1-2H3,(H,26,29). The Morgan fingerprint density at radius 3 is 2.42 bits per heavy atom. The molecule has 1 amide bonds. The Morgan fingerprint density at radius 2 is 1.74 bits per heavy atom. The third-order valence-electron chi connectivity index (χ3n) is 6.41. The zero-order valence-corrected chi connectivity index (χ0v) is 17.5. The Labute approximate surface area is 179 Å². The van der Waals surface area contributed by atoms with Gasteiger partial charge in [-0.1, -0.05) is 0 Å². The highest BCUT2D eigenvalue weighted by atomic mass is 16.5. The van der Waals surface area contributed by atoms with Gasteiger partial charge >= 0.3 is 0 Å². The second-order valence-corrected chi connectivity index (χ2v) is 8.55. The first-order valence-electron chi connectivity index (χ1n) is 10.6. The molecule has 2 heterocycles. The Bertz CT molecular complexity index is 1230. The molecule has 1 aliphatic carbocycles. The average molecular weight is 417 g/mol. The molecule has 6 heteroatoms. The number of ether oxygens (including phenoxy) is 1. The Hall–Kier alpha value is -3.41. The van der Waals surface area contributed by atoms with E-state index in [1.54, 1.807) is 43.3 Å². The van der Waals surface area contributed by atoms with E-state index in [0.717, 1.165) is 25.7 Å². The van der Waals surface area contributed by atoms with Crippen molar-refractivity contribution in [3.05, 3.63) is 58.8 Å². The number of nitrogens with one attached hydrogen (secondary N) is 1. The predicted molar refractivity (Wildman–Crippen MR) is 116 cm³/mol. The largest absolute Gasteiger partial charge is 0.486 e. The first-order valence-corrected chi connectivity index (χ1v) is 10.6. The molecule has 6 nitrogen and oxygen atoms in total. The lowest BCUT2D eigenvalue weighted by Gasteiger charge is -2.34. The van der Waals surface area contributed by atoms with Crippen LogP contribution in [0.3, 0.4) is 0 Å². The molecule has 3 aromatic rings. The predicted octanol–water partition coefficient (Wildman–Crippen LogP) is 5.47. The van der Waals surface area contributed by atoms with Gasteiger partial charge in [0.15, 0.2) is 17.3 Å². The number of fused-ring (bicyclic) bond motifs is 3. The number of rotatable bonds is 3. The van der Waals surface area contributed by atoms with E-state index < -0.39 is 5.91 Å². The molecule has 1 aromatic heterocycles. The lowest BCUT2D eigenvalue weighted by Crippen LogP contribution is -2.39. The number of carbonyl (C=O) groups is 3. The van der Waals surface area contributed by atoms with Crippen molar-refractivity contribution in [1.29, 1.82) is 0 Å². The molecule has 0 radical (unpaired) electrons. The van der Waals surface area contributed by atoms with E-state index in [2.05, 4.69) is 5.32 Å². The van der Waals surface area contributed by atoms with Crippen LogP contribution in [0.5, 0.6) is 5.75 Å². The minimum atomic E-state index is -0.408. The normalized spacial score (nSPS) is 16.9. The number of anilines is 1. The molecule has 2 aromatic carbocycles. The fourth-order valence-corrected chi connectivity index (χ4v) is 4.82. The molecular formula is C25H23NO5. The van der Waals surface area contributed by atoms with E-state index in [0.29, 0.717) is 45.5 Å². The molecule has 2 aliphatic rings. The molecular weight excluding hydrogens is 394 g/mol. The van der Waals surface area contributed by atoms with E-state index >= 15 is 0 Å². The third-order valence-corrected chi connectivity index (χ3v) is 6.41. The number of Topliss-reactive ketones (excluding diaryl/α,β-unsaturated/α-hetero) is 2.